The van der Waals surface area contributed by atoms with Gasteiger partial charge in [-0.2, -0.15) is 0 Å². The summed E-state index contributed by atoms with van der Waals surface area (Å²) in [4.78, 5) is 23.1. The Morgan fingerprint density at radius 1 is 1.04 bits per heavy atom. The van der Waals surface area contributed by atoms with Crippen LogP contribution in [0, 0.1) is 0 Å². The van der Waals surface area contributed by atoms with Crippen molar-refractivity contribution in [3.8, 4) is 0 Å². The summed E-state index contributed by atoms with van der Waals surface area (Å²) in [6, 6.07) is 0. The lowest BCUT2D eigenvalue weighted by Crippen LogP contribution is -2.54. The quantitative estimate of drug-likeness (QED) is 0.284. The molecule has 0 spiro atoms. The summed E-state index contributed by atoms with van der Waals surface area (Å²) in [5.74, 6) is -0.682. The number of nitrogens with one attached hydrogen (secondary N) is 2. The molecule has 0 aromatic carbocycles. The van der Waals surface area contributed by atoms with Crippen molar-refractivity contribution in [2.24, 2.45) is 5.73 Å². The van der Waals surface area contributed by atoms with E-state index in [1.54, 1.807) is 13.8 Å². The van der Waals surface area contributed by atoms with Gasteiger partial charge in [-0.05, 0) is 19.9 Å². The first-order chi connectivity index (χ1) is 10.9. The number of hydrogen-bond donors (Lipinski definition) is 3. The topological polar surface area (TPSA) is 112 Å². The van der Waals surface area contributed by atoms with Gasteiger partial charge in [-0.15, -0.1) is 0 Å². The fraction of sp³-hybridized carbons (Fsp3) is 0.733. The highest BCUT2D eigenvalue weighted by atomic mass is 16.5. The molecule has 0 saturated carbocycles. The molecule has 0 bridgehead atoms. The zero-order valence-electron chi connectivity index (χ0n) is 14.1. The van der Waals surface area contributed by atoms with Crippen LogP contribution in [0.4, 0.5) is 0 Å². The third kappa shape index (κ3) is 11.7. The monoisotopic (exact) mass is 331 g/mol. The van der Waals surface area contributed by atoms with Crippen molar-refractivity contribution in [1.29, 1.82) is 0 Å². The lowest BCUT2D eigenvalue weighted by molar-refractivity contribution is -0.130. The standard InChI is InChI=1S/C15H29N3O5/c1-4-13(19)18-15(2,3)14(20)17-6-8-22-10-12-23-11-9-21-7-5-16/h4H,1,5-12,16H2,2-3H3,(H,17,20)(H,18,19). The fourth-order valence-electron chi connectivity index (χ4n) is 1.50. The molecular formula is C15H29N3O5. The average molecular weight is 331 g/mol. The minimum atomic E-state index is -1.00. The van der Waals surface area contributed by atoms with E-state index in [2.05, 4.69) is 17.2 Å². The number of carbonyl (C=O) groups excluding carboxylic acids is 2. The summed E-state index contributed by atoms with van der Waals surface area (Å²) in [5, 5.41) is 5.24. The van der Waals surface area contributed by atoms with E-state index in [9.17, 15) is 9.59 Å². The normalized spacial score (nSPS) is 11.1. The van der Waals surface area contributed by atoms with Gasteiger partial charge >= 0.3 is 0 Å². The molecule has 8 heteroatoms. The Kier molecular flexibility index (Phi) is 12.2. The zero-order valence-corrected chi connectivity index (χ0v) is 14.1. The Balaban J connectivity index is 3.55. The van der Waals surface area contributed by atoms with Crippen LogP contribution in [0.25, 0.3) is 0 Å². The summed E-state index contributed by atoms with van der Waals surface area (Å²) in [6.45, 7) is 10.2. The lowest BCUT2D eigenvalue weighted by atomic mass is 10.0. The molecule has 0 fully saturated rings. The molecule has 0 aliphatic rings. The van der Waals surface area contributed by atoms with Gasteiger partial charge in [-0.25, -0.2) is 0 Å². The van der Waals surface area contributed by atoms with Gasteiger partial charge in [0.2, 0.25) is 11.8 Å². The third-order valence-corrected chi connectivity index (χ3v) is 2.73. The molecule has 0 saturated heterocycles. The van der Waals surface area contributed by atoms with E-state index in [-0.39, 0.29) is 5.91 Å². The van der Waals surface area contributed by atoms with Crippen LogP contribution < -0.4 is 16.4 Å². The highest BCUT2D eigenvalue weighted by Crippen LogP contribution is 2.01. The molecule has 23 heavy (non-hydrogen) atoms. The van der Waals surface area contributed by atoms with Crippen LogP contribution in [-0.4, -0.2) is 70.1 Å². The summed E-state index contributed by atoms with van der Waals surface area (Å²) >= 11 is 0. The minimum absolute atomic E-state index is 0.287. The molecule has 134 valence electrons. The smallest absolute Gasteiger partial charge is 0.245 e. The van der Waals surface area contributed by atoms with Crippen LogP contribution in [-0.2, 0) is 23.8 Å². The zero-order chi connectivity index (χ0) is 17.6. The van der Waals surface area contributed by atoms with E-state index in [1.807, 2.05) is 0 Å². The van der Waals surface area contributed by atoms with Crippen molar-refractivity contribution in [3.63, 3.8) is 0 Å². The van der Waals surface area contributed by atoms with E-state index in [1.165, 1.54) is 0 Å². The number of ether oxygens (including phenoxy) is 3. The number of nitrogens with two attached hydrogens (primary N) is 1. The van der Waals surface area contributed by atoms with Gasteiger partial charge in [-0.3, -0.25) is 9.59 Å². The molecule has 8 nitrogen and oxygen atoms in total. The SMILES string of the molecule is C=CC(=O)NC(C)(C)C(=O)NCCOCCOCCOCCN. The Labute approximate surface area is 137 Å². The average Bonchev–Trinajstić information content (AvgIpc) is 2.51. The van der Waals surface area contributed by atoms with Gasteiger partial charge in [0.1, 0.15) is 5.54 Å². The van der Waals surface area contributed by atoms with Crippen LogP contribution in [0.15, 0.2) is 12.7 Å². The van der Waals surface area contributed by atoms with Gasteiger partial charge in [0, 0.05) is 13.1 Å². The van der Waals surface area contributed by atoms with E-state index >= 15 is 0 Å². The molecule has 0 aliphatic carbocycles. The lowest BCUT2D eigenvalue weighted by Gasteiger charge is -2.24. The van der Waals surface area contributed by atoms with Gasteiger partial charge in [0.05, 0.1) is 39.6 Å². The second-order valence-electron chi connectivity index (χ2n) is 5.20. The van der Waals surface area contributed by atoms with Gasteiger partial charge in [-0.1, -0.05) is 6.58 Å². The second-order valence-corrected chi connectivity index (χ2v) is 5.20. The van der Waals surface area contributed by atoms with Crippen molar-refractivity contribution < 1.29 is 23.8 Å². The maximum Gasteiger partial charge on any atom is 0.245 e. The molecule has 0 atom stereocenters. The Hall–Kier alpha value is -1.48. The molecule has 4 N–H and O–H groups in total. The Bertz CT molecular complexity index is 361. The minimum Gasteiger partial charge on any atom is -0.378 e. The maximum atomic E-state index is 11.9. The number of hydrogen-bond acceptors (Lipinski definition) is 6. The highest BCUT2D eigenvalue weighted by molar-refractivity contribution is 5.94. The maximum absolute atomic E-state index is 11.9. The van der Waals surface area contributed by atoms with Crippen molar-refractivity contribution in [2.75, 3.05) is 52.7 Å². The van der Waals surface area contributed by atoms with E-state index in [0.717, 1.165) is 6.08 Å². The predicted molar refractivity (Wildman–Crippen MR) is 86.9 cm³/mol. The summed E-state index contributed by atoms with van der Waals surface area (Å²) in [7, 11) is 0. The van der Waals surface area contributed by atoms with Crippen molar-refractivity contribution in [1.82, 2.24) is 10.6 Å². The summed E-state index contributed by atoms with van der Waals surface area (Å²) in [6.07, 6.45) is 1.12. The van der Waals surface area contributed by atoms with Crippen molar-refractivity contribution in [3.05, 3.63) is 12.7 Å². The van der Waals surface area contributed by atoms with E-state index in [0.29, 0.717) is 52.7 Å². The largest absolute Gasteiger partial charge is 0.378 e. The number of amides is 2. The fourth-order valence-corrected chi connectivity index (χ4v) is 1.50. The van der Waals surface area contributed by atoms with Crippen LogP contribution in [0.2, 0.25) is 0 Å². The number of carbonyl (C=O) groups is 2. The van der Waals surface area contributed by atoms with Crippen LogP contribution in [0.5, 0.6) is 0 Å². The van der Waals surface area contributed by atoms with Crippen LogP contribution >= 0.6 is 0 Å². The summed E-state index contributed by atoms with van der Waals surface area (Å²) < 4.78 is 15.8. The summed E-state index contributed by atoms with van der Waals surface area (Å²) in [5.41, 5.74) is 4.27. The third-order valence-electron chi connectivity index (χ3n) is 2.73. The highest BCUT2D eigenvalue weighted by Gasteiger charge is 2.28. The molecule has 0 rings (SSSR count). The Morgan fingerprint density at radius 3 is 2.09 bits per heavy atom. The first-order valence-electron chi connectivity index (χ1n) is 7.60. The number of rotatable bonds is 14. The van der Waals surface area contributed by atoms with Gasteiger partial charge in [0.15, 0.2) is 0 Å². The molecule has 0 radical (unpaired) electrons. The van der Waals surface area contributed by atoms with Crippen molar-refractivity contribution in [2.45, 2.75) is 19.4 Å². The van der Waals surface area contributed by atoms with E-state index in [4.69, 9.17) is 19.9 Å². The van der Waals surface area contributed by atoms with E-state index < -0.39 is 11.4 Å². The molecule has 0 aromatic heterocycles. The first kappa shape index (κ1) is 21.5. The van der Waals surface area contributed by atoms with Gasteiger partial charge < -0.3 is 30.6 Å². The second kappa shape index (κ2) is 13.0. The molecule has 0 unspecified atom stereocenters. The molecule has 0 heterocycles. The molecule has 0 aliphatic heterocycles. The first-order valence-corrected chi connectivity index (χ1v) is 7.60. The van der Waals surface area contributed by atoms with Gasteiger partial charge in [0.25, 0.3) is 0 Å². The molecule has 2 amide bonds. The molecule has 0 aromatic rings. The van der Waals surface area contributed by atoms with Crippen molar-refractivity contribution >= 4 is 11.8 Å². The predicted octanol–water partition coefficient (Wildman–Crippen LogP) is -0.808. The molecular weight excluding hydrogens is 302 g/mol. The van der Waals surface area contributed by atoms with Crippen LogP contribution in [0.3, 0.4) is 0 Å². The Morgan fingerprint density at radius 2 is 1.57 bits per heavy atom. The van der Waals surface area contributed by atoms with Crippen LogP contribution in [0.1, 0.15) is 13.8 Å².